The number of rotatable bonds is 4. The highest BCUT2D eigenvalue weighted by Gasteiger charge is 2.22. The second-order valence-corrected chi connectivity index (χ2v) is 5.21. The van der Waals surface area contributed by atoms with Gasteiger partial charge in [0.2, 0.25) is 0 Å². The Bertz CT molecular complexity index is 427. The van der Waals surface area contributed by atoms with Crippen LogP contribution in [0, 0.1) is 5.41 Å². The highest BCUT2D eigenvalue weighted by molar-refractivity contribution is 6.34. The van der Waals surface area contributed by atoms with Crippen molar-refractivity contribution in [1.82, 2.24) is 0 Å². The van der Waals surface area contributed by atoms with E-state index in [1.165, 1.54) is 0 Å². The molecule has 0 saturated heterocycles. The van der Waals surface area contributed by atoms with Gasteiger partial charge in [-0.25, -0.2) is 0 Å². The molecule has 4 heteroatoms. The van der Waals surface area contributed by atoms with Crippen molar-refractivity contribution in [2.45, 2.75) is 32.7 Å². The van der Waals surface area contributed by atoms with Gasteiger partial charge in [-0.05, 0) is 38.5 Å². The fourth-order valence-electron chi connectivity index (χ4n) is 1.52. The van der Waals surface area contributed by atoms with Gasteiger partial charge in [0.15, 0.2) is 0 Å². The lowest BCUT2D eigenvalue weighted by Crippen LogP contribution is -2.40. The number of anilines is 1. The Kier molecular flexibility index (Phi) is 4.04. The zero-order chi connectivity index (χ0) is 13.2. The van der Waals surface area contributed by atoms with Crippen molar-refractivity contribution in [1.29, 1.82) is 5.41 Å². The summed E-state index contributed by atoms with van der Waals surface area (Å²) < 4.78 is 0. The quantitative estimate of drug-likeness (QED) is 0.639. The molecule has 3 nitrogen and oxygen atoms in total. The lowest BCUT2D eigenvalue weighted by atomic mass is 9.99. The van der Waals surface area contributed by atoms with Crippen molar-refractivity contribution in [2.24, 2.45) is 5.73 Å². The fourth-order valence-corrected chi connectivity index (χ4v) is 1.79. The van der Waals surface area contributed by atoms with Crippen LogP contribution in [0.25, 0.3) is 0 Å². The molecule has 0 heterocycles. The van der Waals surface area contributed by atoms with Gasteiger partial charge in [0.25, 0.3) is 0 Å². The first-order valence-corrected chi connectivity index (χ1v) is 6.05. The third-order valence-electron chi connectivity index (χ3n) is 3.40. The van der Waals surface area contributed by atoms with Crippen molar-refractivity contribution >= 4 is 23.1 Å². The molecule has 0 fully saturated rings. The zero-order valence-corrected chi connectivity index (χ0v) is 11.6. The fraction of sp³-hybridized carbons (Fsp3) is 0.462. The summed E-state index contributed by atoms with van der Waals surface area (Å²) in [4.78, 5) is 2.18. The standard InChI is InChI=1S/C13H20ClN3/c1-5-13(2,3)17(4)9-6-7-10(12(15)16)11(14)8-9/h6-8H,5H2,1-4H3,(H3,15,16). The van der Waals surface area contributed by atoms with Gasteiger partial charge in [-0.2, -0.15) is 0 Å². The van der Waals surface area contributed by atoms with Crippen molar-refractivity contribution in [2.75, 3.05) is 11.9 Å². The molecule has 0 amide bonds. The molecule has 0 radical (unpaired) electrons. The Morgan fingerprint density at radius 3 is 2.47 bits per heavy atom. The minimum absolute atomic E-state index is 0.000968. The first-order chi connectivity index (χ1) is 7.79. The van der Waals surface area contributed by atoms with E-state index in [-0.39, 0.29) is 11.4 Å². The van der Waals surface area contributed by atoms with Gasteiger partial charge in [0, 0.05) is 23.8 Å². The zero-order valence-electron chi connectivity index (χ0n) is 10.8. The second kappa shape index (κ2) is 4.96. The maximum Gasteiger partial charge on any atom is 0.124 e. The number of nitrogen functional groups attached to an aromatic ring is 1. The Hall–Kier alpha value is -1.22. The number of hydrogen-bond donors (Lipinski definition) is 2. The van der Waals surface area contributed by atoms with E-state index in [1.54, 1.807) is 6.07 Å². The van der Waals surface area contributed by atoms with Gasteiger partial charge >= 0.3 is 0 Å². The molecule has 0 bridgehead atoms. The Morgan fingerprint density at radius 1 is 1.47 bits per heavy atom. The Balaban J connectivity index is 3.10. The number of halogens is 1. The van der Waals surface area contributed by atoms with Crippen LogP contribution in [0.5, 0.6) is 0 Å². The van der Waals surface area contributed by atoms with E-state index < -0.39 is 0 Å². The topological polar surface area (TPSA) is 53.1 Å². The predicted octanol–water partition coefficient (Wildman–Crippen LogP) is 3.25. The normalized spacial score (nSPS) is 11.4. The second-order valence-electron chi connectivity index (χ2n) is 4.80. The number of hydrogen-bond acceptors (Lipinski definition) is 2. The van der Waals surface area contributed by atoms with Gasteiger partial charge in [-0.3, -0.25) is 5.41 Å². The van der Waals surface area contributed by atoms with Gasteiger partial charge < -0.3 is 10.6 Å². The summed E-state index contributed by atoms with van der Waals surface area (Å²) in [6, 6.07) is 5.60. The van der Waals surface area contributed by atoms with E-state index in [4.69, 9.17) is 22.7 Å². The number of nitrogens with two attached hydrogens (primary N) is 1. The summed E-state index contributed by atoms with van der Waals surface area (Å²) in [6.07, 6.45) is 1.04. The van der Waals surface area contributed by atoms with Crippen molar-refractivity contribution in [3.05, 3.63) is 28.8 Å². The Morgan fingerprint density at radius 2 is 2.06 bits per heavy atom. The predicted molar refractivity (Wildman–Crippen MR) is 75.2 cm³/mol. The first kappa shape index (κ1) is 13.8. The molecule has 17 heavy (non-hydrogen) atoms. The van der Waals surface area contributed by atoms with Crippen LogP contribution in [-0.4, -0.2) is 18.4 Å². The molecule has 0 aliphatic heterocycles. The maximum atomic E-state index is 7.39. The molecule has 1 aromatic rings. The molecule has 0 unspecified atom stereocenters. The van der Waals surface area contributed by atoms with E-state index in [2.05, 4.69) is 25.7 Å². The molecular weight excluding hydrogens is 234 g/mol. The lowest BCUT2D eigenvalue weighted by Gasteiger charge is -2.37. The molecular formula is C13H20ClN3. The van der Waals surface area contributed by atoms with Crippen molar-refractivity contribution in [3.63, 3.8) is 0 Å². The van der Waals surface area contributed by atoms with Crippen LogP contribution in [-0.2, 0) is 0 Å². The summed E-state index contributed by atoms with van der Waals surface area (Å²) in [6.45, 7) is 6.52. The summed E-state index contributed by atoms with van der Waals surface area (Å²) in [5.74, 6) is -0.000968. The molecule has 3 N–H and O–H groups in total. The molecule has 0 aromatic heterocycles. The van der Waals surface area contributed by atoms with E-state index in [0.29, 0.717) is 10.6 Å². The lowest BCUT2D eigenvalue weighted by molar-refractivity contribution is 0.471. The smallest absolute Gasteiger partial charge is 0.124 e. The number of nitrogens with one attached hydrogen (secondary N) is 1. The van der Waals surface area contributed by atoms with E-state index in [1.807, 2.05) is 19.2 Å². The highest BCUT2D eigenvalue weighted by atomic mass is 35.5. The van der Waals surface area contributed by atoms with Crippen LogP contribution in [0.4, 0.5) is 5.69 Å². The molecule has 1 aromatic carbocycles. The average Bonchev–Trinajstić information content (AvgIpc) is 2.27. The highest BCUT2D eigenvalue weighted by Crippen LogP contribution is 2.28. The van der Waals surface area contributed by atoms with Crippen LogP contribution in [0.15, 0.2) is 18.2 Å². The molecule has 0 aliphatic carbocycles. The molecule has 0 atom stereocenters. The van der Waals surface area contributed by atoms with Crippen LogP contribution in [0.3, 0.4) is 0 Å². The van der Waals surface area contributed by atoms with Crippen molar-refractivity contribution in [3.8, 4) is 0 Å². The molecule has 0 aliphatic rings. The Labute approximate surface area is 108 Å². The van der Waals surface area contributed by atoms with Crippen molar-refractivity contribution < 1.29 is 0 Å². The number of benzene rings is 1. The average molecular weight is 254 g/mol. The molecule has 94 valence electrons. The molecule has 0 spiro atoms. The third kappa shape index (κ3) is 2.91. The molecule has 1 rings (SSSR count). The first-order valence-electron chi connectivity index (χ1n) is 5.67. The summed E-state index contributed by atoms with van der Waals surface area (Å²) >= 11 is 6.11. The van der Waals surface area contributed by atoms with E-state index in [9.17, 15) is 0 Å². The number of amidine groups is 1. The van der Waals surface area contributed by atoms with E-state index in [0.717, 1.165) is 12.1 Å². The van der Waals surface area contributed by atoms with Gasteiger partial charge in [-0.15, -0.1) is 0 Å². The van der Waals surface area contributed by atoms with Crippen LogP contribution < -0.4 is 10.6 Å². The van der Waals surface area contributed by atoms with Crippen LogP contribution in [0.2, 0.25) is 5.02 Å². The van der Waals surface area contributed by atoms with Crippen LogP contribution >= 0.6 is 11.6 Å². The largest absolute Gasteiger partial charge is 0.384 e. The van der Waals surface area contributed by atoms with Gasteiger partial charge in [0.05, 0.1) is 5.02 Å². The minimum Gasteiger partial charge on any atom is -0.384 e. The summed E-state index contributed by atoms with van der Waals surface area (Å²) in [7, 11) is 2.04. The van der Waals surface area contributed by atoms with E-state index >= 15 is 0 Å². The SMILES string of the molecule is CCC(C)(C)N(C)c1ccc(C(=N)N)c(Cl)c1. The third-order valence-corrected chi connectivity index (χ3v) is 3.72. The molecule has 0 saturated carbocycles. The van der Waals surface area contributed by atoms with Crippen LogP contribution in [0.1, 0.15) is 32.8 Å². The maximum absolute atomic E-state index is 7.39. The monoisotopic (exact) mass is 253 g/mol. The van der Waals surface area contributed by atoms with Gasteiger partial charge in [0.1, 0.15) is 5.84 Å². The summed E-state index contributed by atoms with van der Waals surface area (Å²) in [5, 5.41) is 7.91. The summed E-state index contributed by atoms with van der Waals surface area (Å²) in [5.41, 5.74) is 7.12. The minimum atomic E-state index is -0.000968. The number of nitrogens with zero attached hydrogens (tertiary/aromatic N) is 1. The van der Waals surface area contributed by atoms with Gasteiger partial charge in [-0.1, -0.05) is 18.5 Å².